The molecule has 0 radical (unpaired) electrons. The zero-order valence-electron chi connectivity index (χ0n) is 20.1. The molecule has 0 aliphatic heterocycles. The van der Waals surface area contributed by atoms with Crippen LogP contribution >= 0.6 is 11.3 Å². The summed E-state index contributed by atoms with van der Waals surface area (Å²) in [5.41, 5.74) is 4.29. The first-order valence-corrected chi connectivity index (χ1v) is 13.0. The molecular formula is C28H24F3NO5S. The Morgan fingerprint density at radius 1 is 0.947 bits per heavy atom. The number of aromatic nitrogens is 1. The van der Waals surface area contributed by atoms with Gasteiger partial charge in [0.15, 0.2) is 0 Å². The summed E-state index contributed by atoms with van der Waals surface area (Å²) < 4.78 is 44.5. The molecule has 2 aromatic carbocycles. The smallest absolute Gasteiger partial charge is 0.480 e. The van der Waals surface area contributed by atoms with E-state index in [2.05, 4.69) is 4.74 Å². The Bertz CT molecular complexity index is 1500. The minimum Gasteiger partial charge on any atom is -0.480 e. The van der Waals surface area contributed by atoms with Gasteiger partial charge in [-0.05, 0) is 59.2 Å². The molecule has 0 spiro atoms. The molecule has 10 heteroatoms. The molecule has 198 valence electrons. The van der Waals surface area contributed by atoms with E-state index in [0.29, 0.717) is 16.6 Å². The summed E-state index contributed by atoms with van der Waals surface area (Å²) in [4.78, 5) is 23.8. The molecule has 6 nitrogen and oxygen atoms in total. The lowest BCUT2D eigenvalue weighted by Crippen LogP contribution is -2.17. The van der Waals surface area contributed by atoms with Crippen LogP contribution in [0.3, 0.4) is 0 Å². The summed E-state index contributed by atoms with van der Waals surface area (Å²) in [6.07, 6.45) is 0.291. The van der Waals surface area contributed by atoms with E-state index in [9.17, 15) is 33.0 Å². The molecule has 4 aromatic rings. The zero-order chi connectivity index (χ0) is 27.0. The van der Waals surface area contributed by atoms with Gasteiger partial charge in [0.25, 0.3) is 0 Å². The van der Waals surface area contributed by atoms with E-state index < -0.39 is 18.3 Å². The molecule has 0 saturated heterocycles. The number of ether oxygens (including phenoxy) is 1. The predicted octanol–water partition coefficient (Wildman–Crippen LogP) is 7.77. The molecule has 0 atom stereocenters. The van der Waals surface area contributed by atoms with Gasteiger partial charge >= 0.3 is 18.3 Å². The van der Waals surface area contributed by atoms with Crippen LogP contribution in [0.15, 0.2) is 54.6 Å². The van der Waals surface area contributed by atoms with Crippen molar-refractivity contribution in [2.45, 2.75) is 50.9 Å². The average molecular weight is 544 g/mol. The van der Waals surface area contributed by atoms with E-state index in [1.165, 1.54) is 29.5 Å². The van der Waals surface area contributed by atoms with Gasteiger partial charge in [0.2, 0.25) is 0 Å². The van der Waals surface area contributed by atoms with Crippen molar-refractivity contribution >= 4 is 33.5 Å². The molecule has 0 bridgehead atoms. The highest BCUT2D eigenvalue weighted by Crippen LogP contribution is 2.47. The van der Waals surface area contributed by atoms with Crippen molar-refractivity contribution in [2.75, 3.05) is 0 Å². The van der Waals surface area contributed by atoms with Gasteiger partial charge in [-0.1, -0.05) is 55.7 Å². The highest BCUT2D eigenvalue weighted by Gasteiger charge is 2.31. The van der Waals surface area contributed by atoms with Gasteiger partial charge in [0, 0.05) is 0 Å². The second-order valence-corrected chi connectivity index (χ2v) is 10.4. The standard InChI is InChI=1S/C28H24F3NO5S/c29-28(30,31)37-20-8-4-7-19(13-20)16-9-11-18(12-10-16)25-24(17-5-2-1-3-6-17)26-21(32(25)15-23(33)34)14-22(38-26)27(35)36/h4,7-14,17H,1-3,5-6,15H2,(H,33,34)(H,35,36). The van der Waals surface area contributed by atoms with E-state index in [1.807, 2.05) is 12.1 Å². The SMILES string of the molecule is O=C(O)Cn1c(-c2ccc(-c3cccc(OC(F)(F)F)c3)cc2)c(C2CCCCC2)c2sc(C(=O)O)cc21. The first kappa shape index (κ1) is 25.8. The minimum absolute atomic E-state index is 0.161. The number of aromatic carboxylic acids is 1. The van der Waals surface area contributed by atoms with Crippen LogP contribution in [-0.4, -0.2) is 33.1 Å². The van der Waals surface area contributed by atoms with Crippen molar-refractivity contribution in [1.29, 1.82) is 0 Å². The third-order valence-corrected chi connectivity index (χ3v) is 8.00. The Kier molecular flexibility index (Phi) is 6.92. The molecule has 1 saturated carbocycles. The second kappa shape index (κ2) is 10.2. The summed E-state index contributed by atoms with van der Waals surface area (Å²) in [7, 11) is 0. The lowest BCUT2D eigenvalue weighted by atomic mass is 9.83. The topological polar surface area (TPSA) is 88.8 Å². The number of hydrogen-bond donors (Lipinski definition) is 2. The van der Waals surface area contributed by atoms with Crippen LogP contribution in [0.4, 0.5) is 13.2 Å². The summed E-state index contributed by atoms with van der Waals surface area (Å²) in [5, 5.41) is 19.3. The molecule has 1 fully saturated rings. The number of carboxylic acid groups (broad SMARTS) is 2. The van der Waals surface area contributed by atoms with Crippen LogP contribution in [0.5, 0.6) is 5.75 Å². The number of fused-ring (bicyclic) bond motifs is 1. The number of alkyl halides is 3. The van der Waals surface area contributed by atoms with Crippen LogP contribution in [0.1, 0.15) is 53.3 Å². The highest BCUT2D eigenvalue weighted by atomic mass is 32.1. The number of thiophene rings is 1. The van der Waals surface area contributed by atoms with Crippen LogP contribution in [0.25, 0.3) is 32.6 Å². The predicted molar refractivity (Wildman–Crippen MR) is 138 cm³/mol. The molecule has 2 N–H and O–H groups in total. The van der Waals surface area contributed by atoms with Crippen molar-refractivity contribution in [3.8, 4) is 28.1 Å². The first-order valence-electron chi connectivity index (χ1n) is 12.2. The number of nitrogens with zero attached hydrogens (tertiary/aromatic N) is 1. The van der Waals surface area contributed by atoms with Crippen molar-refractivity contribution in [2.24, 2.45) is 0 Å². The summed E-state index contributed by atoms with van der Waals surface area (Å²) in [6.45, 7) is -0.326. The Labute approximate surface area is 219 Å². The molecule has 2 aromatic heterocycles. The van der Waals surface area contributed by atoms with Gasteiger partial charge in [0.1, 0.15) is 17.2 Å². The monoisotopic (exact) mass is 543 g/mol. The Balaban J connectivity index is 1.62. The van der Waals surface area contributed by atoms with Crippen molar-refractivity contribution in [3.05, 3.63) is 65.0 Å². The number of benzene rings is 2. The molecular weight excluding hydrogens is 519 g/mol. The summed E-state index contributed by atoms with van der Waals surface area (Å²) in [5.74, 6) is -2.24. The van der Waals surface area contributed by atoms with Crippen LogP contribution in [0, 0.1) is 0 Å². The van der Waals surface area contributed by atoms with Crippen molar-refractivity contribution in [3.63, 3.8) is 0 Å². The second-order valence-electron chi connectivity index (χ2n) is 9.36. The van der Waals surface area contributed by atoms with Crippen molar-refractivity contribution in [1.82, 2.24) is 4.57 Å². The summed E-state index contributed by atoms with van der Waals surface area (Å²) >= 11 is 1.17. The third kappa shape index (κ3) is 5.26. The number of carbonyl (C=O) groups is 2. The van der Waals surface area contributed by atoms with Gasteiger partial charge in [-0.15, -0.1) is 24.5 Å². The average Bonchev–Trinajstić information content (AvgIpc) is 3.42. The first-order chi connectivity index (χ1) is 18.1. The van der Waals surface area contributed by atoms with Crippen LogP contribution in [0.2, 0.25) is 0 Å². The number of rotatable bonds is 7. The van der Waals surface area contributed by atoms with E-state index >= 15 is 0 Å². The van der Waals surface area contributed by atoms with Gasteiger partial charge in [-0.25, -0.2) is 4.79 Å². The normalized spacial score (nSPS) is 14.6. The fourth-order valence-corrected chi connectivity index (χ4v) is 6.45. The molecule has 1 aliphatic carbocycles. The minimum atomic E-state index is -4.79. The van der Waals surface area contributed by atoms with E-state index in [4.69, 9.17) is 0 Å². The number of aliphatic carboxylic acids is 1. The van der Waals surface area contributed by atoms with Gasteiger partial charge in [0.05, 0.1) is 15.9 Å². The van der Waals surface area contributed by atoms with Gasteiger partial charge in [-0.2, -0.15) is 0 Å². The Morgan fingerprint density at radius 2 is 1.63 bits per heavy atom. The fourth-order valence-electron chi connectivity index (χ4n) is 5.33. The molecule has 0 amide bonds. The number of carboxylic acids is 2. The lowest BCUT2D eigenvalue weighted by Gasteiger charge is -2.23. The van der Waals surface area contributed by atoms with Crippen molar-refractivity contribution < 1.29 is 37.7 Å². The molecule has 1 aliphatic rings. The van der Waals surface area contributed by atoms with E-state index in [0.717, 1.165) is 53.6 Å². The summed E-state index contributed by atoms with van der Waals surface area (Å²) in [6, 6.07) is 14.5. The maximum Gasteiger partial charge on any atom is 0.573 e. The molecule has 2 heterocycles. The highest BCUT2D eigenvalue weighted by molar-refractivity contribution is 7.21. The Morgan fingerprint density at radius 3 is 2.26 bits per heavy atom. The van der Waals surface area contributed by atoms with E-state index in [1.54, 1.807) is 28.8 Å². The maximum absolute atomic E-state index is 12.7. The number of halogens is 3. The molecule has 0 unspecified atom stereocenters. The third-order valence-electron chi connectivity index (χ3n) is 6.85. The van der Waals surface area contributed by atoms with Crippen LogP contribution in [-0.2, 0) is 11.3 Å². The zero-order valence-corrected chi connectivity index (χ0v) is 20.9. The van der Waals surface area contributed by atoms with Gasteiger partial charge < -0.3 is 19.5 Å². The quantitative estimate of drug-likeness (QED) is 0.249. The van der Waals surface area contributed by atoms with Gasteiger partial charge in [-0.3, -0.25) is 4.79 Å². The largest absolute Gasteiger partial charge is 0.573 e. The van der Waals surface area contributed by atoms with Crippen LogP contribution < -0.4 is 4.74 Å². The maximum atomic E-state index is 12.7. The molecule has 38 heavy (non-hydrogen) atoms. The fraction of sp³-hybridized carbons (Fsp3) is 0.286. The number of hydrogen-bond acceptors (Lipinski definition) is 4. The molecule has 5 rings (SSSR count). The van der Waals surface area contributed by atoms with E-state index in [-0.39, 0.29) is 23.1 Å². The Hall–Kier alpha value is -3.79. The lowest BCUT2D eigenvalue weighted by molar-refractivity contribution is -0.274.